The van der Waals surface area contributed by atoms with Crippen LogP contribution in [0.5, 0.6) is 0 Å². The van der Waals surface area contributed by atoms with E-state index in [1.165, 1.54) is 11.8 Å². The number of hydrogen-bond acceptors (Lipinski definition) is 3. The van der Waals surface area contributed by atoms with Gasteiger partial charge in [0.15, 0.2) is 0 Å². The SMILES string of the molecule is CC(C)(C)c1ccc(C=NOCC(=O)O)cc1. The van der Waals surface area contributed by atoms with Gasteiger partial charge in [-0.15, -0.1) is 0 Å². The van der Waals surface area contributed by atoms with Crippen LogP contribution in [0.3, 0.4) is 0 Å². The molecule has 0 heterocycles. The molecule has 0 atom stereocenters. The summed E-state index contributed by atoms with van der Waals surface area (Å²) in [4.78, 5) is 14.7. The van der Waals surface area contributed by atoms with Gasteiger partial charge in [0.1, 0.15) is 0 Å². The summed E-state index contributed by atoms with van der Waals surface area (Å²) >= 11 is 0. The molecule has 0 spiro atoms. The Labute approximate surface area is 101 Å². The van der Waals surface area contributed by atoms with Gasteiger partial charge in [-0.05, 0) is 16.5 Å². The van der Waals surface area contributed by atoms with Gasteiger partial charge >= 0.3 is 5.97 Å². The highest BCUT2D eigenvalue weighted by molar-refractivity contribution is 5.79. The molecular weight excluding hydrogens is 218 g/mol. The molecule has 92 valence electrons. The predicted octanol–water partition coefficient (Wildman–Crippen LogP) is 2.42. The molecule has 0 saturated carbocycles. The zero-order valence-electron chi connectivity index (χ0n) is 10.3. The standard InChI is InChI=1S/C13H17NO3/c1-13(2,3)11-6-4-10(5-7-11)8-14-17-9-12(15)16/h4-8H,9H2,1-3H3,(H,15,16). The Morgan fingerprint density at radius 2 is 1.94 bits per heavy atom. The van der Waals surface area contributed by atoms with Crippen molar-refractivity contribution >= 4 is 12.2 Å². The Hall–Kier alpha value is -1.84. The van der Waals surface area contributed by atoms with E-state index in [1.54, 1.807) is 0 Å². The molecule has 4 nitrogen and oxygen atoms in total. The molecule has 1 rings (SSSR count). The van der Waals surface area contributed by atoms with Crippen molar-refractivity contribution in [3.05, 3.63) is 35.4 Å². The largest absolute Gasteiger partial charge is 0.479 e. The maximum absolute atomic E-state index is 10.2. The molecule has 0 fully saturated rings. The molecule has 0 aliphatic rings. The summed E-state index contributed by atoms with van der Waals surface area (Å²) in [5.41, 5.74) is 2.24. The molecule has 0 aliphatic heterocycles. The van der Waals surface area contributed by atoms with Crippen molar-refractivity contribution in [1.29, 1.82) is 0 Å². The van der Waals surface area contributed by atoms with Gasteiger partial charge < -0.3 is 9.94 Å². The monoisotopic (exact) mass is 235 g/mol. The number of nitrogens with zero attached hydrogens (tertiary/aromatic N) is 1. The number of aliphatic carboxylic acids is 1. The first-order valence-corrected chi connectivity index (χ1v) is 5.37. The molecule has 0 aliphatic carbocycles. The molecule has 0 amide bonds. The molecule has 4 heteroatoms. The molecule has 1 aromatic rings. The van der Waals surface area contributed by atoms with E-state index in [2.05, 4.69) is 30.8 Å². The minimum absolute atomic E-state index is 0.121. The van der Waals surface area contributed by atoms with Gasteiger partial charge in [-0.1, -0.05) is 50.2 Å². The summed E-state index contributed by atoms with van der Waals surface area (Å²) in [7, 11) is 0. The summed E-state index contributed by atoms with van der Waals surface area (Å²) in [5.74, 6) is -1.04. The highest BCUT2D eigenvalue weighted by Crippen LogP contribution is 2.21. The summed E-state index contributed by atoms with van der Waals surface area (Å²) < 4.78 is 0. The van der Waals surface area contributed by atoms with Crippen molar-refractivity contribution < 1.29 is 14.7 Å². The lowest BCUT2D eigenvalue weighted by atomic mass is 9.87. The fourth-order valence-electron chi connectivity index (χ4n) is 1.26. The Bertz CT molecular complexity index is 402. The van der Waals surface area contributed by atoms with Gasteiger partial charge in [-0.2, -0.15) is 0 Å². The molecule has 0 bridgehead atoms. The van der Waals surface area contributed by atoms with Gasteiger partial charge in [-0.3, -0.25) is 0 Å². The van der Waals surface area contributed by atoms with Crippen LogP contribution in [0.15, 0.2) is 29.4 Å². The van der Waals surface area contributed by atoms with Gasteiger partial charge in [0.25, 0.3) is 0 Å². The van der Waals surface area contributed by atoms with Crippen molar-refractivity contribution in [2.75, 3.05) is 6.61 Å². The average Bonchev–Trinajstić information content (AvgIpc) is 2.23. The van der Waals surface area contributed by atoms with E-state index in [9.17, 15) is 4.79 Å². The zero-order chi connectivity index (χ0) is 12.9. The predicted molar refractivity (Wildman–Crippen MR) is 66.3 cm³/mol. The second-order valence-electron chi connectivity index (χ2n) is 4.77. The Balaban J connectivity index is 2.60. The van der Waals surface area contributed by atoms with Crippen LogP contribution in [0.4, 0.5) is 0 Å². The fraction of sp³-hybridized carbons (Fsp3) is 0.385. The van der Waals surface area contributed by atoms with Crippen molar-refractivity contribution in [3.63, 3.8) is 0 Å². The molecule has 0 aromatic heterocycles. The van der Waals surface area contributed by atoms with Gasteiger partial charge in [-0.25, -0.2) is 4.79 Å². The van der Waals surface area contributed by atoms with Crippen molar-refractivity contribution in [1.82, 2.24) is 0 Å². The van der Waals surface area contributed by atoms with Crippen LogP contribution in [0.1, 0.15) is 31.9 Å². The molecule has 17 heavy (non-hydrogen) atoms. The maximum Gasteiger partial charge on any atom is 0.344 e. The lowest BCUT2D eigenvalue weighted by Crippen LogP contribution is -2.10. The average molecular weight is 235 g/mol. The second kappa shape index (κ2) is 5.48. The minimum Gasteiger partial charge on any atom is -0.479 e. The first-order valence-electron chi connectivity index (χ1n) is 5.37. The summed E-state index contributed by atoms with van der Waals surface area (Å²) in [5, 5.41) is 11.9. The van der Waals surface area contributed by atoms with Crippen LogP contribution < -0.4 is 0 Å². The minimum atomic E-state index is -1.04. The lowest BCUT2D eigenvalue weighted by molar-refractivity contribution is -0.142. The third kappa shape index (κ3) is 4.68. The highest BCUT2D eigenvalue weighted by Gasteiger charge is 2.12. The van der Waals surface area contributed by atoms with Crippen molar-refractivity contribution in [2.45, 2.75) is 26.2 Å². The number of hydrogen-bond donors (Lipinski definition) is 1. The zero-order valence-corrected chi connectivity index (χ0v) is 10.3. The molecule has 0 radical (unpaired) electrons. The Kier molecular flexibility index (Phi) is 4.26. The third-order valence-electron chi connectivity index (χ3n) is 2.24. The van der Waals surface area contributed by atoms with E-state index in [0.29, 0.717) is 0 Å². The lowest BCUT2D eigenvalue weighted by Gasteiger charge is -2.18. The number of benzene rings is 1. The van der Waals surface area contributed by atoms with E-state index < -0.39 is 12.6 Å². The van der Waals surface area contributed by atoms with E-state index in [0.717, 1.165) is 5.56 Å². The topological polar surface area (TPSA) is 58.9 Å². The first-order chi connectivity index (χ1) is 7.89. The number of oxime groups is 1. The normalized spacial score (nSPS) is 11.7. The molecule has 1 aromatic carbocycles. The first kappa shape index (κ1) is 13.2. The van der Waals surface area contributed by atoms with E-state index >= 15 is 0 Å². The maximum atomic E-state index is 10.2. The summed E-state index contributed by atoms with van der Waals surface area (Å²) in [6.45, 7) is 6.01. The van der Waals surface area contributed by atoms with Crippen molar-refractivity contribution in [3.8, 4) is 0 Å². The summed E-state index contributed by atoms with van der Waals surface area (Å²) in [6.07, 6.45) is 1.50. The van der Waals surface area contributed by atoms with Crippen molar-refractivity contribution in [2.24, 2.45) is 5.16 Å². The number of carbonyl (C=O) groups is 1. The van der Waals surface area contributed by atoms with Crippen LogP contribution in [-0.4, -0.2) is 23.9 Å². The highest BCUT2D eigenvalue weighted by atomic mass is 16.6. The molecule has 1 N–H and O–H groups in total. The van der Waals surface area contributed by atoms with Gasteiger partial charge in [0, 0.05) is 0 Å². The number of carboxylic acid groups (broad SMARTS) is 1. The van der Waals surface area contributed by atoms with Gasteiger partial charge in [0.05, 0.1) is 6.21 Å². The molecule has 0 unspecified atom stereocenters. The van der Waals surface area contributed by atoms with Crippen LogP contribution in [0.2, 0.25) is 0 Å². The number of rotatable bonds is 4. The second-order valence-corrected chi connectivity index (χ2v) is 4.77. The van der Waals surface area contributed by atoms with Crippen LogP contribution >= 0.6 is 0 Å². The summed E-state index contributed by atoms with van der Waals surface area (Å²) in [6, 6.07) is 7.90. The van der Waals surface area contributed by atoms with Crippen LogP contribution in [-0.2, 0) is 15.0 Å². The van der Waals surface area contributed by atoms with Crippen LogP contribution in [0.25, 0.3) is 0 Å². The fourth-order valence-corrected chi connectivity index (χ4v) is 1.26. The van der Waals surface area contributed by atoms with Gasteiger partial charge in [0.2, 0.25) is 6.61 Å². The van der Waals surface area contributed by atoms with E-state index in [4.69, 9.17) is 5.11 Å². The van der Waals surface area contributed by atoms with E-state index in [1.807, 2.05) is 24.3 Å². The number of carboxylic acids is 1. The quantitative estimate of drug-likeness (QED) is 0.644. The Morgan fingerprint density at radius 1 is 1.35 bits per heavy atom. The third-order valence-corrected chi connectivity index (χ3v) is 2.24. The Morgan fingerprint density at radius 3 is 2.41 bits per heavy atom. The van der Waals surface area contributed by atoms with Crippen LogP contribution in [0, 0.1) is 0 Å². The molecular formula is C13H17NO3. The molecule has 0 saturated heterocycles. The smallest absolute Gasteiger partial charge is 0.344 e. The van der Waals surface area contributed by atoms with E-state index in [-0.39, 0.29) is 5.41 Å².